The van der Waals surface area contributed by atoms with Crippen LogP contribution in [0.4, 0.5) is 11.8 Å². The quantitative estimate of drug-likeness (QED) is 0.611. The maximum absolute atomic E-state index is 13.0. The topological polar surface area (TPSA) is 89.1 Å². The summed E-state index contributed by atoms with van der Waals surface area (Å²) in [5.74, 6) is 2.07. The average Bonchev–Trinajstić information content (AvgIpc) is 3.36. The molecule has 0 spiro atoms. The minimum Gasteiger partial charge on any atom is -0.360 e. The van der Waals surface area contributed by atoms with Crippen molar-refractivity contribution in [1.29, 1.82) is 0 Å². The number of anilines is 2. The van der Waals surface area contributed by atoms with Crippen LogP contribution in [-0.4, -0.2) is 44.2 Å². The minimum atomic E-state index is -0.233. The summed E-state index contributed by atoms with van der Waals surface area (Å²) in [7, 11) is 0. The van der Waals surface area contributed by atoms with E-state index < -0.39 is 0 Å². The second-order valence-electron chi connectivity index (χ2n) is 7.99. The molecule has 29 heavy (non-hydrogen) atoms. The van der Waals surface area contributed by atoms with Crippen LogP contribution < -0.4 is 10.2 Å². The third kappa shape index (κ3) is 4.94. The van der Waals surface area contributed by atoms with Crippen molar-refractivity contribution in [1.82, 2.24) is 19.9 Å². The molecule has 0 aromatic carbocycles. The Morgan fingerprint density at radius 1 is 1.31 bits per heavy atom. The van der Waals surface area contributed by atoms with Gasteiger partial charge in [0.25, 0.3) is 0 Å². The number of nitrogens with zero attached hydrogens (tertiary/aromatic N) is 5. The Bertz CT molecular complexity index is 825. The van der Waals surface area contributed by atoms with E-state index in [0.29, 0.717) is 17.6 Å². The van der Waals surface area contributed by atoms with Crippen LogP contribution in [0.5, 0.6) is 0 Å². The Kier molecular flexibility index (Phi) is 6.42. The van der Waals surface area contributed by atoms with Crippen LogP contribution in [0, 0.1) is 6.92 Å². The highest BCUT2D eigenvalue weighted by Crippen LogP contribution is 2.42. The Balaban J connectivity index is 1.52. The van der Waals surface area contributed by atoms with Gasteiger partial charge in [0.15, 0.2) is 11.0 Å². The third-order valence-corrected chi connectivity index (χ3v) is 6.66. The van der Waals surface area contributed by atoms with Crippen molar-refractivity contribution in [3.63, 3.8) is 0 Å². The Hall–Kier alpha value is -2.03. The predicted octanol–water partition coefficient (Wildman–Crippen LogP) is 4.19. The molecule has 0 bridgehead atoms. The number of thioether (sulfide) groups is 1. The second kappa shape index (κ2) is 9.19. The fourth-order valence-electron chi connectivity index (χ4n) is 3.70. The van der Waals surface area contributed by atoms with Gasteiger partial charge in [0.2, 0.25) is 11.9 Å². The van der Waals surface area contributed by atoms with Crippen molar-refractivity contribution in [3.8, 4) is 0 Å². The fraction of sp³-hybridized carbons (Fsp3) is 0.700. The molecular formula is C20H30N6O2S. The van der Waals surface area contributed by atoms with E-state index >= 15 is 0 Å². The van der Waals surface area contributed by atoms with Gasteiger partial charge >= 0.3 is 0 Å². The predicted molar refractivity (Wildman–Crippen MR) is 113 cm³/mol. The highest BCUT2D eigenvalue weighted by Gasteiger charge is 2.34. The largest absolute Gasteiger partial charge is 0.360 e. The number of amides is 1. The van der Waals surface area contributed by atoms with Crippen LogP contribution in [0.3, 0.4) is 0 Å². The van der Waals surface area contributed by atoms with Crippen LogP contribution in [0.25, 0.3) is 0 Å². The number of carbonyl (C=O) groups excluding carboxylic acids is 1. The van der Waals surface area contributed by atoms with Crippen molar-refractivity contribution in [2.24, 2.45) is 0 Å². The van der Waals surface area contributed by atoms with Gasteiger partial charge in [-0.1, -0.05) is 36.7 Å². The molecular weight excluding hydrogens is 388 g/mol. The molecule has 1 saturated heterocycles. The molecule has 1 amide bonds. The highest BCUT2D eigenvalue weighted by atomic mass is 32.2. The lowest BCUT2D eigenvalue weighted by atomic mass is 10.1. The Morgan fingerprint density at radius 3 is 2.76 bits per heavy atom. The van der Waals surface area contributed by atoms with E-state index in [1.807, 2.05) is 6.92 Å². The molecule has 1 aliphatic carbocycles. The van der Waals surface area contributed by atoms with Gasteiger partial charge in [-0.05, 0) is 45.4 Å². The van der Waals surface area contributed by atoms with Crippen LogP contribution in [0.15, 0.2) is 15.7 Å². The summed E-state index contributed by atoms with van der Waals surface area (Å²) in [6, 6.07) is 2.21. The number of hydrogen-bond acceptors (Lipinski definition) is 7. The van der Waals surface area contributed by atoms with Gasteiger partial charge < -0.3 is 14.7 Å². The lowest BCUT2D eigenvalue weighted by Crippen LogP contribution is -2.32. The minimum absolute atomic E-state index is 0.0541. The normalized spacial score (nSPS) is 18.1. The standard InChI is InChI=1S/C20H30N6O2S/c1-3-4-8-16(18(27)21-17-13-14(2)28-24-17)29-20-23-22-19(26(20)15-9-10-15)25-11-6-5-7-12-25/h13,15-16H,3-12H2,1-2H3,(H,21,24,27). The molecule has 8 nitrogen and oxygen atoms in total. The molecule has 1 N–H and O–H groups in total. The maximum Gasteiger partial charge on any atom is 0.239 e. The van der Waals surface area contributed by atoms with Crippen molar-refractivity contribution in [3.05, 3.63) is 11.8 Å². The molecule has 9 heteroatoms. The Labute approximate surface area is 175 Å². The number of rotatable bonds is 9. The van der Waals surface area contributed by atoms with Crippen molar-refractivity contribution >= 4 is 29.4 Å². The van der Waals surface area contributed by atoms with Crippen LogP contribution >= 0.6 is 11.8 Å². The monoisotopic (exact) mass is 418 g/mol. The van der Waals surface area contributed by atoms with Gasteiger partial charge in [-0.15, -0.1) is 10.2 Å². The van der Waals surface area contributed by atoms with Gasteiger partial charge in [0.1, 0.15) is 5.76 Å². The van der Waals surface area contributed by atoms with Gasteiger partial charge in [0.05, 0.1) is 5.25 Å². The lowest BCUT2D eigenvalue weighted by Gasteiger charge is -2.28. The maximum atomic E-state index is 13.0. The number of aromatic nitrogens is 4. The van der Waals surface area contributed by atoms with Crippen LogP contribution in [0.1, 0.15) is 70.1 Å². The summed E-state index contributed by atoms with van der Waals surface area (Å²) in [5.41, 5.74) is 0. The zero-order chi connectivity index (χ0) is 20.2. The Morgan fingerprint density at radius 2 is 2.10 bits per heavy atom. The molecule has 1 unspecified atom stereocenters. The van der Waals surface area contributed by atoms with Crippen molar-refractivity contribution < 1.29 is 9.32 Å². The fourth-order valence-corrected chi connectivity index (χ4v) is 4.84. The van der Waals surface area contributed by atoms with E-state index in [4.69, 9.17) is 4.52 Å². The zero-order valence-electron chi connectivity index (χ0n) is 17.3. The number of nitrogens with one attached hydrogen (secondary N) is 1. The van der Waals surface area contributed by atoms with Crippen LogP contribution in [0.2, 0.25) is 0 Å². The van der Waals surface area contributed by atoms with Gasteiger partial charge in [-0.2, -0.15) is 0 Å². The molecule has 1 atom stereocenters. The molecule has 2 aromatic rings. The molecule has 1 saturated carbocycles. The first-order chi connectivity index (χ1) is 14.2. The summed E-state index contributed by atoms with van der Waals surface area (Å²) < 4.78 is 7.35. The number of piperidine rings is 1. The number of aryl methyl sites for hydroxylation is 1. The first-order valence-corrected chi connectivity index (χ1v) is 11.6. The third-order valence-electron chi connectivity index (χ3n) is 5.44. The molecule has 1 aliphatic heterocycles. The van der Waals surface area contributed by atoms with Gasteiger partial charge in [-0.3, -0.25) is 9.36 Å². The lowest BCUT2D eigenvalue weighted by molar-refractivity contribution is -0.115. The number of hydrogen-bond donors (Lipinski definition) is 1. The molecule has 4 rings (SSSR count). The summed E-state index contributed by atoms with van der Waals surface area (Å²) in [5, 5.41) is 16.5. The number of unbranched alkanes of at least 4 members (excludes halogenated alkanes) is 1. The summed E-state index contributed by atoms with van der Waals surface area (Å²) >= 11 is 1.53. The van der Waals surface area contributed by atoms with Crippen molar-refractivity contribution in [2.45, 2.75) is 81.7 Å². The van der Waals surface area contributed by atoms with E-state index in [0.717, 1.165) is 56.3 Å². The summed E-state index contributed by atoms with van der Waals surface area (Å²) in [6.45, 7) is 6.04. The van der Waals surface area contributed by atoms with E-state index in [1.54, 1.807) is 6.07 Å². The van der Waals surface area contributed by atoms with Crippen LogP contribution in [-0.2, 0) is 4.79 Å². The van der Waals surface area contributed by atoms with E-state index in [-0.39, 0.29) is 11.2 Å². The first kappa shape index (κ1) is 20.3. The van der Waals surface area contributed by atoms with E-state index in [1.165, 1.54) is 31.0 Å². The first-order valence-electron chi connectivity index (χ1n) is 10.8. The molecule has 2 fully saturated rings. The average molecular weight is 419 g/mol. The molecule has 2 aliphatic rings. The van der Waals surface area contributed by atoms with E-state index in [2.05, 4.69) is 37.1 Å². The summed E-state index contributed by atoms with van der Waals surface area (Å²) in [4.78, 5) is 15.3. The SMILES string of the molecule is CCCCC(Sc1nnc(N2CCCCC2)n1C1CC1)C(=O)Nc1cc(C)on1. The molecule has 0 radical (unpaired) electrons. The molecule has 2 aromatic heterocycles. The smallest absolute Gasteiger partial charge is 0.239 e. The van der Waals surface area contributed by atoms with Gasteiger partial charge in [-0.25, -0.2) is 0 Å². The summed E-state index contributed by atoms with van der Waals surface area (Å²) in [6.07, 6.45) is 8.85. The van der Waals surface area contributed by atoms with Gasteiger partial charge in [0, 0.05) is 25.2 Å². The molecule has 158 valence electrons. The second-order valence-corrected chi connectivity index (χ2v) is 9.16. The zero-order valence-corrected chi connectivity index (χ0v) is 18.1. The number of carbonyl (C=O) groups is 1. The van der Waals surface area contributed by atoms with Crippen molar-refractivity contribution in [2.75, 3.05) is 23.3 Å². The molecule has 3 heterocycles. The highest BCUT2D eigenvalue weighted by molar-refractivity contribution is 8.00. The van der Waals surface area contributed by atoms with E-state index in [9.17, 15) is 4.79 Å².